The van der Waals surface area contributed by atoms with Gasteiger partial charge in [-0.1, -0.05) is 29.8 Å². The third-order valence-electron chi connectivity index (χ3n) is 2.41. The van der Waals surface area contributed by atoms with Crippen molar-refractivity contribution < 1.29 is 4.74 Å². The topological polar surface area (TPSA) is 35.0 Å². The minimum Gasteiger partial charge on any atom is -0.485 e. The van der Waals surface area contributed by atoms with Crippen LogP contribution in [0.2, 0.25) is 5.15 Å². The van der Waals surface area contributed by atoms with Gasteiger partial charge in [-0.15, -0.1) is 0 Å². The Hall–Kier alpha value is -1.61. The molecule has 0 saturated heterocycles. The molecule has 2 rings (SSSR count). The molecule has 3 nitrogen and oxygen atoms in total. The van der Waals surface area contributed by atoms with Crippen LogP contribution in [0.15, 0.2) is 30.5 Å². The van der Waals surface area contributed by atoms with Crippen LogP contribution in [0.25, 0.3) is 0 Å². The van der Waals surface area contributed by atoms with E-state index in [1.54, 1.807) is 6.20 Å². The van der Waals surface area contributed by atoms with Crippen LogP contribution < -0.4 is 4.74 Å². The standard InChI is InChI=1S/C13H13ClN2O/c1-9-5-3-4-6-11(9)17-8-12-15-7-10(2)13(14)16-12/h3-7H,8H2,1-2H3. The first-order valence-corrected chi connectivity index (χ1v) is 5.71. The fourth-order valence-corrected chi connectivity index (χ4v) is 1.53. The third kappa shape index (κ3) is 2.94. The van der Waals surface area contributed by atoms with Crippen LogP contribution >= 0.6 is 11.6 Å². The van der Waals surface area contributed by atoms with E-state index in [0.717, 1.165) is 16.9 Å². The summed E-state index contributed by atoms with van der Waals surface area (Å²) in [5.41, 5.74) is 1.96. The molecule has 0 saturated carbocycles. The fraction of sp³-hybridized carbons (Fsp3) is 0.231. The SMILES string of the molecule is Cc1ccccc1OCc1ncc(C)c(Cl)n1. The normalized spacial score (nSPS) is 10.3. The molecule has 0 aliphatic carbocycles. The van der Waals surface area contributed by atoms with Crippen LogP contribution in [0.3, 0.4) is 0 Å². The van der Waals surface area contributed by atoms with E-state index in [1.165, 1.54) is 0 Å². The number of hydrogen-bond acceptors (Lipinski definition) is 3. The summed E-state index contributed by atoms with van der Waals surface area (Å²) in [5.74, 6) is 1.43. The van der Waals surface area contributed by atoms with Crippen molar-refractivity contribution in [2.24, 2.45) is 0 Å². The van der Waals surface area contributed by atoms with Gasteiger partial charge in [0.05, 0.1) is 0 Å². The monoisotopic (exact) mass is 248 g/mol. The Kier molecular flexibility index (Phi) is 3.59. The van der Waals surface area contributed by atoms with E-state index in [0.29, 0.717) is 17.6 Å². The van der Waals surface area contributed by atoms with Gasteiger partial charge in [0.15, 0.2) is 5.82 Å². The van der Waals surface area contributed by atoms with Crippen molar-refractivity contribution in [3.05, 3.63) is 52.6 Å². The van der Waals surface area contributed by atoms with Crippen molar-refractivity contribution in [1.82, 2.24) is 9.97 Å². The third-order valence-corrected chi connectivity index (χ3v) is 2.79. The molecule has 0 radical (unpaired) electrons. The zero-order valence-electron chi connectivity index (χ0n) is 9.77. The highest BCUT2D eigenvalue weighted by atomic mass is 35.5. The Bertz CT molecular complexity index is 529. The van der Waals surface area contributed by atoms with Crippen LogP contribution in [0.5, 0.6) is 5.75 Å². The fourth-order valence-electron chi connectivity index (χ4n) is 1.39. The Labute approximate surface area is 105 Å². The summed E-state index contributed by atoms with van der Waals surface area (Å²) >= 11 is 5.92. The molecule has 0 fully saturated rings. The van der Waals surface area contributed by atoms with Gasteiger partial charge in [-0.2, -0.15) is 0 Å². The first kappa shape index (κ1) is 11.9. The summed E-state index contributed by atoms with van der Waals surface area (Å²) < 4.78 is 5.63. The zero-order chi connectivity index (χ0) is 12.3. The van der Waals surface area contributed by atoms with Gasteiger partial charge in [0.2, 0.25) is 0 Å². The Morgan fingerprint density at radius 3 is 2.65 bits per heavy atom. The van der Waals surface area contributed by atoms with E-state index in [4.69, 9.17) is 16.3 Å². The van der Waals surface area contributed by atoms with E-state index in [1.807, 2.05) is 38.1 Å². The first-order chi connectivity index (χ1) is 8.16. The predicted octanol–water partition coefficient (Wildman–Crippen LogP) is 3.33. The van der Waals surface area contributed by atoms with Gasteiger partial charge in [0.1, 0.15) is 17.5 Å². The largest absolute Gasteiger partial charge is 0.485 e. The molecule has 1 aromatic carbocycles. The van der Waals surface area contributed by atoms with Gasteiger partial charge < -0.3 is 4.74 Å². The average Bonchev–Trinajstić information content (AvgIpc) is 2.32. The number of rotatable bonds is 3. The molecule has 4 heteroatoms. The maximum atomic E-state index is 5.92. The van der Waals surface area contributed by atoms with Crippen LogP contribution in [0.4, 0.5) is 0 Å². The summed E-state index contributed by atoms with van der Waals surface area (Å²) in [6, 6.07) is 7.83. The minimum absolute atomic E-state index is 0.324. The van der Waals surface area contributed by atoms with Gasteiger partial charge in [-0.3, -0.25) is 0 Å². The van der Waals surface area contributed by atoms with Crippen molar-refractivity contribution in [2.75, 3.05) is 0 Å². The molecule has 0 atom stereocenters. The minimum atomic E-state index is 0.324. The lowest BCUT2D eigenvalue weighted by atomic mass is 10.2. The molecule has 0 aliphatic heterocycles. The summed E-state index contributed by atoms with van der Waals surface area (Å²) in [6.45, 7) is 4.19. The van der Waals surface area contributed by atoms with E-state index in [2.05, 4.69) is 9.97 Å². The van der Waals surface area contributed by atoms with Crippen molar-refractivity contribution in [1.29, 1.82) is 0 Å². The average molecular weight is 249 g/mol. The number of hydrogen-bond donors (Lipinski definition) is 0. The van der Waals surface area contributed by atoms with Gasteiger partial charge in [-0.05, 0) is 25.5 Å². The van der Waals surface area contributed by atoms with E-state index < -0.39 is 0 Å². The molecule has 17 heavy (non-hydrogen) atoms. The maximum absolute atomic E-state index is 5.92. The highest BCUT2D eigenvalue weighted by molar-refractivity contribution is 6.30. The quantitative estimate of drug-likeness (QED) is 0.782. The lowest BCUT2D eigenvalue weighted by molar-refractivity contribution is 0.293. The van der Waals surface area contributed by atoms with Crippen LogP contribution in [0.1, 0.15) is 17.0 Å². The van der Waals surface area contributed by atoms with Gasteiger partial charge in [-0.25, -0.2) is 9.97 Å². The van der Waals surface area contributed by atoms with E-state index in [9.17, 15) is 0 Å². The smallest absolute Gasteiger partial charge is 0.167 e. The second-order valence-corrected chi connectivity index (χ2v) is 4.17. The molecule has 0 unspecified atom stereocenters. The maximum Gasteiger partial charge on any atom is 0.167 e. The Balaban J connectivity index is 2.08. The predicted molar refractivity (Wildman–Crippen MR) is 67.3 cm³/mol. The lowest BCUT2D eigenvalue weighted by Crippen LogP contribution is -2.03. The van der Waals surface area contributed by atoms with Gasteiger partial charge in [0, 0.05) is 11.8 Å². The second kappa shape index (κ2) is 5.15. The molecule has 1 aromatic heterocycles. The molecular formula is C13H13ClN2O. The number of benzene rings is 1. The summed E-state index contributed by atoms with van der Waals surface area (Å²) in [6.07, 6.45) is 1.70. The zero-order valence-corrected chi connectivity index (χ0v) is 10.5. The molecule has 0 bridgehead atoms. The van der Waals surface area contributed by atoms with Crippen molar-refractivity contribution >= 4 is 11.6 Å². The molecular weight excluding hydrogens is 236 g/mol. The Morgan fingerprint density at radius 1 is 1.18 bits per heavy atom. The molecule has 0 aliphatic rings. The second-order valence-electron chi connectivity index (χ2n) is 3.81. The van der Waals surface area contributed by atoms with Gasteiger partial charge >= 0.3 is 0 Å². The lowest BCUT2D eigenvalue weighted by Gasteiger charge is -2.08. The summed E-state index contributed by atoms with van der Waals surface area (Å²) in [7, 11) is 0. The van der Waals surface area contributed by atoms with Crippen LogP contribution in [0, 0.1) is 13.8 Å². The first-order valence-electron chi connectivity index (χ1n) is 5.33. The number of ether oxygens (including phenoxy) is 1. The molecule has 88 valence electrons. The van der Waals surface area contributed by atoms with Crippen molar-refractivity contribution in [3.8, 4) is 5.75 Å². The van der Waals surface area contributed by atoms with Gasteiger partial charge in [0.25, 0.3) is 0 Å². The highest BCUT2D eigenvalue weighted by Crippen LogP contribution is 2.17. The van der Waals surface area contributed by atoms with E-state index in [-0.39, 0.29) is 0 Å². The highest BCUT2D eigenvalue weighted by Gasteiger charge is 2.03. The summed E-state index contributed by atoms with van der Waals surface area (Å²) in [5, 5.41) is 0.475. The number of halogens is 1. The number of para-hydroxylation sites is 1. The molecule has 0 N–H and O–H groups in total. The van der Waals surface area contributed by atoms with Crippen molar-refractivity contribution in [3.63, 3.8) is 0 Å². The molecule has 0 amide bonds. The number of aryl methyl sites for hydroxylation is 2. The number of aromatic nitrogens is 2. The number of nitrogens with zero attached hydrogens (tertiary/aromatic N) is 2. The summed E-state index contributed by atoms with van der Waals surface area (Å²) in [4.78, 5) is 8.31. The van der Waals surface area contributed by atoms with Crippen LogP contribution in [-0.4, -0.2) is 9.97 Å². The molecule has 1 heterocycles. The molecule has 2 aromatic rings. The molecule has 0 spiro atoms. The Morgan fingerprint density at radius 2 is 1.94 bits per heavy atom. The van der Waals surface area contributed by atoms with E-state index >= 15 is 0 Å². The van der Waals surface area contributed by atoms with Crippen LogP contribution in [-0.2, 0) is 6.61 Å². The van der Waals surface area contributed by atoms with Crippen molar-refractivity contribution in [2.45, 2.75) is 20.5 Å².